The Kier molecular flexibility index (Phi) is 7.13. The molecule has 2 aromatic carbocycles. The molecule has 0 aliphatic carbocycles. The predicted molar refractivity (Wildman–Crippen MR) is 120 cm³/mol. The van der Waals surface area contributed by atoms with Crippen LogP contribution in [0.3, 0.4) is 0 Å². The highest BCUT2D eigenvalue weighted by molar-refractivity contribution is 6.30. The van der Waals surface area contributed by atoms with E-state index in [1.807, 2.05) is 45.0 Å². The molecule has 3 aromatic rings. The molecule has 6 nitrogen and oxygen atoms in total. The maximum absolute atomic E-state index is 12.8. The number of ketones is 1. The average molecular weight is 441 g/mol. The minimum Gasteiger partial charge on any atom is -0.456 e. The Morgan fingerprint density at radius 3 is 2.42 bits per heavy atom. The average Bonchev–Trinajstić information content (AvgIpc) is 3.07. The third kappa shape index (κ3) is 5.52. The van der Waals surface area contributed by atoms with E-state index in [0.717, 1.165) is 16.6 Å². The molecule has 0 spiro atoms. The number of Topliss-reactive ketones (excluding diaryl/α,β-unsaturated/α-hetero) is 1. The monoisotopic (exact) mass is 440 g/mol. The SMILES string of the molecule is Cc1[nH]c2ccccc2c1C(=O)COC(=O)[C@H](CC(C)C)NC(=O)c1ccc(Cl)cc1. The smallest absolute Gasteiger partial charge is 0.329 e. The van der Waals surface area contributed by atoms with Crippen LogP contribution in [-0.4, -0.2) is 35.3 Å². The van der Waals surface area contributed by atoms with Gasteiger partial charge in [-0.15, -0.1) is 0 Å². The lowest BCUT2D eigenvalue weighted by Gasteiger charge is -2.19. The highest BCUT2D eigenvalue weighted by atomic mass is 35.5. The summed E-state index contributed by atoms with van der Waals surface area (Å²) in [6.07, 6.45) is 0.387. The molecule has 0 saturated heterocycles. The van der Waals surface area contributed by atoms with Crippen LogP contribution in [0.5, 0.6) is 0 Å². The fourth-order valence-corrected chi connectivity index (χ4v) is 3.60. The van der Waals surface area contributed by atoms with E-state index in [2.05, 4.69) is 10.3 Å². The molecule has 1 aromatic heterocycles. The molecule has 0 bridgehead atoms. The fraction of sp³-hybridized carbons (Fsp3) is 0.292. The van der Waals surface area contributed by atoms with Gasteiger partial charge in [0.05, 0.1) is 0 Å². The van der Waals surface area contributed by atoms with Crippen molar-refractivity contribution in [2.24, 2.45) is 5.92 Å². The van der Waals surface area contributed by atoms with Crippen LogP contribution in [0.1, 0.15) is 46.7 Å². The Morgan fingerprint density at radius 2 is 1.74 bits per heavy atom. The number of hydrogen-bond donors (Lipinski definition) is 2. The number of rotatable bonds is 8. The van der Waals surface area contributed by atoms with Crippen molar-refractivity contribution in [3.05, 3.63) is 70.4 Å². The molecule has 0 unspecified atom stereocenters. The number of aryl methyl sites for hydroxylation is 1. The lowest BCUT2D eigenvalue weighted by Crippen LogP contribution is -2.43. The van der Waals surface area contributed by atoms with Crippen molar-refractivity contribution < 1.29 is 19.1 Å². The summed E-state index contributed by atoms with van der Waals surface area (Å²) in [7, 11) is 0. The lowest BCUT2D eigenvalue weighted by atomic mass is 10.0. The number of benzene rings is 2. The third-order valence-corrected chi connectivity index (χ3v) is 5.17. The standard InChI is InChI=1S/C24H25ClN2O4/c1-14(2)12-20(27-23(29)16-8-10-17(25)11-9-16)24(30)31-13-21(28)22-15(3)26-19-7-5-4-6-18(19)22/h4-11,14,20,26H,12-13H2,1-3H3,(H,27,29)/t20-/m0/s1. The van der Waals surface area contributed by atoms with Crippen LogP contribution in [0, 0.1) is 12.8 Å². The van der Waals surface area contributed by atoms with Gasteiger partial charge in [-0.2, -0.15) is 0 Å². The van der Waals surface area contributed by atoms with Gasteiger partial charge < -0.3 is 15.0 Å². The van der Waals surface area contributed by atoms with E-state index in [1.54, 1.807) is 24.3 Å². The van der Waals surface area contributed by atoms with Crippen molar-refractivity contribution in [2.45, 2.75) is 33.2 Å². The molecule has 1 amide bonds. The van der Waals surface area contributed by atoms with Gasteiger partial charge in [0.25, 0.3) is 5.91 Å². The first-order valence-corrected chi connectivity index (χ1v) is 10.5. The molecule has 3 rings (SSSR count). The van der Waals surface area contributed by atoms with Crippen molar-refractivity contribution >= 4 is 40.2 Å². The number of esters is 1. The second-order valence-corrected chi connectivity index (χ2v) is 8.30. The van der Waals surface area contributed by atoms with Crippen molar-refractivity contribution in [3.63, 3.8) is 0 Å². The summed E-state index contributed by atoms with van der Waals surface area (Å²) < 4.78 is 5.31. The zero-order valence-electron chi connectivity index (χ0n) is 17.7. The van der Waals surface area contributed by atoms with Gasteiger partial charge in [-0.25, -0.2) is 4.79 Å². The molecule has 2 N–H and O–H groups in total. The number of aromatic amines is 1. The molecular weight excluding hydrogens is 416 g/mol. The number of nitrogens with one attached hydrogen (secondary N) is 2. The predicted octanol–water partition coefficient (Wildman–Crippen LogP) is 4.70. The largest absolute Gasteiger partial charge is 0.456 e. The lowest BCUT2D eigenvalue weighted by molar-refractivity contribution is -0.145. The Hall–Kier alpha value is -3.12. The fourth-order valence-electron chi connectivity index (χ4n) is 3.47. The number of carbonyl (C=O) groups excluding carboxylic acids is 3. The molecule has 0 saturated carbocycles. The molecule has 0 aliphatic rings. The first-order chi connectivity index (χ1) is 14.8. The first kappa shape index (κ1) is 22.6. The summed E-state index contributed by atoms with van der Waals surface area (Å²) in [5.41, 5.74) is 2.46. The molecule has 0 fully saturated rings. The van der Waals surface area contributed by atoms with Crippen molar-refractivity contribution in [1.82, 2.24) is 10.3 Å². The highest BCUT2D eigenvalue weighted by Crippen LogP contribution is 2.22. The van der Waals surface area contributed by atoms with Crippen molar-refractivity contribution in [3.8, 4) is 0 Å². The van der Waals surface area contributed by atoms with Crippen LogP contribution in [0.2, 0.25) is 5.02 Å². The molecule has 1 atom stereocenters. The highest BCUT2D eigenvalue weighted by Gasteiger charge is 2.26. The number of carbonyl (C=O) groups is 3. The number of H-pyrrole nitrogens is 1. The Balaban J connectivity index is 1.68. The van der Waals surface area contributed by atoms with Crippen LogP contribution in [-0.2, 0) is 9.53 Å². The van der Waals surface area contributed by atoms with Crippen LogP contribution >= 0.6 is 11.6 Å². The van der Waals surface area contributed by atoms with Crippen LogP contribution in [0.15, 0.2) is 48.5 Å². The van der Waals surface area contributed by atoms with Gasteiger partial charge in [0, 0.05) is 32.7 Å². The first-order valence-electron chi connectivity index (χ1n) is 10.1. The van der Waals surface area contributed by atoms with Crippen LogP contribution in [0.25, 0.3) is 10.9 Å². The van der Waals surface area contributed by atoms with E-state index < -0.39 is 24.5 Å². The summed E-state index contributed by atoms with van der Waals surface area (Å²) in [5, 5.41) is 4.01. The third-order valence-electron chi connectivity index (χ3n) is 4.92. The topological polar surface area (TPSA) is 88.3 Å². The minimum absolute atomic E-state index is 0.134. The molecule has 0 radical (unpaired) electrons. The number of halogens is 1. The summed E-state index contributed by atoms with van der Waals surface area (Å²) in [5.74, 6) is -1.20. The van der Waals surface area contributed by atoms with Gasteiger partial charge in [0.15, 0.2) is 6.61 Å². The number of para-hydroxylation sites is 1. The minimum atomic E-state index is -0.861. The normalized spacial score (nSPS) is 12.0. The zero-order chi connectivity index (χ0) is 22.5. The number of amides is 1. The molecule has 162 valence electrons. The van der Waals surface area contributed by atoms with Gasteiger partial charge in [-0.05, 0) is 49.6 Å². The molecule has 0 aliphatic heterocycles. The maximum atomic E-state index is 12.8. The quantitative estimate of drug-likeness (QED) is 0.392. The maximum Gasteiger partial charge on any atom is 0.329 e. The van der Waals surface area contributed by atoms with Crippen molar-refractivity contribution in [2.75, 3.05) is 6.61 Å². The second-order valence-electron chi connectivity index (χ2n) is 7.86. The molecule has 1 heterocycles. The van der Waals surface area contributed by atoms with E-state index in [1.165, 1.54) is 0 Å². The van der Waals surface area contributed by atoms with E-state index in [4.69, 9.17) is 16.3 Å². The van der Waals surface area contributed by atoms with E-state index in [9.17, 15) is 14.4 Å². The zero-order valence-corrected chi connectivity index (χ0v) is 18.5. The summed E-state index contributed by atoms with van der Waals surface area (Å²) in [6, 6.07) is 13.0. The summed E-state index contributed by atoms with van der Waals surface area (Å²) in [6.45, 7) is 5.29. The number of hydrogen-bond acceptors (Lipinski definition) is 4. The van der Waals surface area contributed by atoms with Gasteiger partial charge in [0.2, 0.25) is 5.78 Å². The molecule has 31 heavy (non-hydrogen) atoms. The number of ether oxygens (including phenoxy) is 1. The Labute approximate surface area is 185 Å². The van der Waals surface area contributed by atoms with Crippen molar-refractivity contribution in [1.29, 1.82) is 0 Å². The van der Waals surface area contributed by atoms with Crippen LogP contribution < -0.4 is 5.32 Å². The molecular formula is C24H25ClN2O4. The summed E-state index contributed by atoms with van der Waals surface area (Å²) >= 11 is 5.86. The number of fused-ring (bicyclic) bond motifs is 1. The second kappa shape index (κ2) is 9.79. The van der Waals surface area contributed by atoms with Gasteiger partial charge >= 0.3 is 5.97 Å². The Morgan fingerprint density at radius 1 is 1.06 bits per heavy atom. The van der Waals surface area contributed by atoms with E-state index >= 15 is 0 Å². The van der Waals surface area contributed by atoms with Gasteiger partial charge in [0.1, 0.15) is 6.04 Å². The van der Waals surface area contributed by atoms with Crippen LogP contribution in [0.4, 0.5) is 0 Å². The molecule has 7 heteroatoms. The number of aromatic nitrogens is 1. The Bertz CT molecular complexity index is 1100. The van der Waals surface area contributed by atoms with Gasteiger partial charge in [-0.3, -0.25) is 9.59 Å². The van der Waals surface area contributed by atoms with E-state index in [0.29, 0.717) is 22.6 Å². The van der Waals surface area contributed by atoms with E-state index in [-0.39, 0.29) is 11.7 Å². The summed E-state index contributed by atoms with van der Waals surface area (Å²) in [4.78, 5) is 41.2. The van der Waals surface area contributed by atoms with Gasteiger partial charge in [-0.1, -0.05) is 43.6 Å².